The first-order valence-electron chi connectivity index (χ1n) is 6.67. The number of rotatable bonds is 4. The highest BCUT2D eigenvalue weighted by molar-refractivity contribution is 5.90. The molecule has 104 valence electrons. The van der Waals surface area contributed by atoms with Crippen molar-refractivity contribution >= 4 is 5.97 Å². The van der Waals surface area contributed by atoms with Crippen molar-refractivity contribution in [2.45, 2.75) is 38.2 Å². The zero-order valence-corrected chi connectivity index (χ0v) is 11.5. The van der Waals surface area contributed by atoms with E-state index in [4.69, 9.17) is 14.2 Å². The Morgan fingerprint density at radius 2 is 1.74 bits per heavy atom. The van der Waals surface area contributed by atoms with Crippen LogP contribution in [0, 0.1) is 0 Å². The number of ether oxygens (including phenoxy) is 3. The molecule has 0 heterocycles. The summed E-state index contributed by atoms with van der Waals surface area (Å²) in [6.45, 7) is 0. The highest BCUT2D eigenvalue weighted by Crippen LogP contribution is 2.28. The molecule has 1 fully saturated rings. The summed E-state index contributed by atoms with van der Waals surface area (Å²) < 4.78 is 15.8. The van der Waals surface area contributed by atoms with Gasteiger partial charge in [-0.3, -0.25) is 0 Å². The average molecular weight is 264 g/mol. The summed E-state index contributed by atoms with van der Waals surface area (Å²) in [6, 6.07) is 5.08. The lowest BCUT2D eigenvalue weighted by molar-refractivity contribution is 0.0211. The van der Waals surface area contributed by atoms with E-state index in [0.29, 0.717) is 17.1 Å². The molecule has 4 heteroatoms. The molecule has 1 aliphatic rings. The highest BCUT2D eigenvalue weighted by atomic mass is 16.5. The van der Waals surface area contributed by atoms with Crippen LogP contribution >= 0.6 is 0 Å². The second-order valence-electron chi connectivity index (χ2n) is 4.74. The molecule has 0 spiro atoms. The second-order valence-corrected chi connectivity index (χ2v) is 4.74. The SMILES string of the molecule is COc1ccc(C(=O)OC2CCCCC2)cc1OC. The van der Waals surface area contributed by atoms with E-state index in [1.54, 1.807) is 32.4 Å². The molecule has 1 aliphatic carbocycles. The van der Waals surface area contributed by atoms with Crippen LogP contribution in [0.4, 0.5) is 0 Å². The van der Waals surface area contributed by atoms with Crippen LogP contribution in [-0.4, -0.2) is 26.3 Å². The molecule has 1 saturated carbocycles. The van der Waals surface area contributed by atoms with Gasteiger partial charge in [0.15, 0.2) is 11.5 Å². The van der Waals surface area contributed by atoms with Gasteiger partial charge in [-0.15, -0.1) is 0 Å². The molecular weight excluding hydrogens is 244 g/mol. The van der Waals surface area contributed by atoms with Crippen molar-refractivity contribution in [3.8, 4) is 11.5 Å². The zero-order valence-electron chi connectivity index (χ0n) is 11.5. The van der Waals surface area contributed by atoms with Crippen molar-refractivity contribution in [2.24, 2.45) is 0 Å². The van der Waals surface area contributed by atoms with E-state index in [2.05, 4.69) is 0 Å². The van der Waals surface area contributed by atoms with Crippen molar-refractivity contribution in [1.82, 2.24) is 0 Å². The van der Waals surface area contributed by atoms with Gasteiger partial charge in [0.1, 0.15) is 6.10 Å². The Bertz CT molecular complexity index is 436. The van der Waals surface area contributed by atoms with Crippen molar-refractivity contribution in [2.75, 3.05) is 14.2 Å². The molecule has 0 N–H and O–H groups in total. The van der Waals surface area contributed by atoms with Crippen LogP contribution in [-0.2, 0) is 4.74 Å². The van der Waals surface area contributed by atoms with Crippen molar-refractivity contribution in [1.29, 1.82) is 0 Å². The van der Waals surface area contributed by atoms with Crippen LogP contribution in [0.25, 0.3) is 0 Å². The Labute approximate surface area is 113 Å². The first-order valence-corrected chi connectivity index (χ1v) is 6.67. The molecule has 0 radical (unpaired) electrons. The first kappa shape index (κ1) is 13.7. The fourth-order valence-electron chi connectivity index (χ4n) is 2.37. The molecule has 0 aromatic heterocycles. The largest absolute Gasteiger partial charge is 0.493 e. The third-order valence-corrected chi connectivity index (χ3v) is 3.45. The van der Waals surface area contributed by atoms with Gasteiger partial charge in [0.05, 0.1) is 19.8 Å². The van der Waals surface area contributed by atoms with Crippen molar-refractivity contribution < 1.29 is 19.0 Å². The minimum atomic E-state index is -0.284. The van der Waals surface area contributed by atoms with Crippen LogP contribution in [0.3, 0.4) is 0 Å². The molecule has 0 atom stereocenters. The van der Waals surface area contributed by atoms with Crippen LogP contribution in [0.5, 0.6) is 11.5 Å². The van der Waals surface area contributed by atoms with E-state index in [9.17, 15) is 4.79 Å². The van der Waals surface area contributed by atoms with Gasteiger partial charge in [-0.1, -0.05) is 6.42 Å². The predicted molar refractivity (Wildman–Crippen MR) is 71.8 cm³/mol. The van der Waals surface area contributed by atoms with E-state index in [-0.39, 0.29) is 12.1 Å². The van der Waals surface area contributed by atoms with E-state index in [1.807, 2.05) is 0 Å². The Kier molecular flexibility index (Phi) is 4.66. The Balaban J connectivity index is 2.05. The third kappa shape index (κ3) is 3.40. The molecule has 0 aliphatic heterocycles. The second kappa shape index (κ2) is 6.45. The maximum atomic E-state index is 12.1. The van der Waals surface area contributed by atoms with Crippen LogP contribution in [0.2, 0.25) is 0 Å². The summed E-state index contributed by atoms with van der Waals surface area (Å²) in [4.78, 5) is 12.1. The standard InChI is InChI=1S/C15H20O4/c1-17-13-9-8-11(10-14(13)18-2)15(16)19-12-6-4-3-5-7-12/h8-10,12H,3-7H2,1-2H3. The quantitative estimate of drug-likeness (QED) is 0.783. The lowest BCUT2D eigenvalue weighted by Gasteiger charge is -2.22. The zero-order chi connectivity index (χ0) is 13.7. The smallest absolute Gasteiger partial charge is 0.338 e. The van der Waals surface area contributed by atoms with Gasteiger partial charge < -0.3 is 14.2 Å². The number of hydrogen-bond donors (Lipinski definition) is 0. The molecule has 0 saturated heterocycles. The molecule has 4 nitrogen and oxygen atoms in total. The predicted octanol–water partition coefficient (Wildman–Crippen LogP) is 3.19. The van der Waals surface area contributed by atoms with Gasteiger partial charge in [0, 0.05) is 0 Å². The minimum Gasteiger partial charge on any atom is -0.493 e. The van der Waals surface area contributed by atoms with Gasteiger partial charge in [0.25, 0.3) is 0 Å². The maximum Gasteiger partial charge on any atom is 0.338 e. The van der Waals surface area contributed by atoms with Gasteiger partial charge in [-0.2, -0.15) is 0 Å². The van der Waals surface area contributed by atoms with Gasteiger partial charge >= 0.3 is 5.97 Å². The van der Waals surface area contributed by atoms with E-state index in [1.165, 1.54) is 6.42 Å². The Morgan fingerprint density at radius 3 is 2.37 bits per heavy atom. The van der Waals surface area contributed by atoms with Gasteiger partial charge in [0.2, 0.25) is 0 Å². The van der Waals surface area contributed by atoms with Crippen LogP contribution < -0.4 is 9.47 Å². The number of carbonyl (C=O) groups is 1. The van der Waals surface area contributed by atoms with Gasteiger partial charge in [-0.25, -0.2) is 4.79 Å². The molecule has 19 heavy (non-hydrogen) atoms. The molecule has 1 aromatic carbocycles. The first-order chi connectivity index (χ1) is 9.24. The number of carbonyl (C=O) groups excluding carboxylic acids is 1. The van der Waals surface area contributed by atoms with E-state index in [0.717, 1.165) is 25.7 Å². The van der Waals surface area contributed by atoms with E-state index >= 15 is 0 Å². The summed E-state index contributed by atoms with van der Waals surface area (Å²) in [7, 11) is 3.12. The average Bonchev–Trinajstić information content (AvgIpc) is 2.47. The monoisotopic (exact) mass is 264 g/mol. The Morgan fingerprint density at radius 1 is 1.05 bits per heavy atom. The fourth-order valence-corrected chi connectivity index (χ4v) is 2.37. The number of esters is 1. The number of benzene rings is 1. The van der Waals surface area contributed by atoms with E-state index < -0.39 is 0 Å². The minimum absolute atomic E-state index is 0.0642. The molecular formula is C15H20O4. The summed E-state index contributed by atoms with van der Waals surface area (Å²) in [5.74, 6) is 0.866. The van der Waals surface area contributed by atoms with Crippen molar-refractivity contribution in [3.05, 3.63) is 23.8 Å². The lowest BCUT2D eigenvalue weighted by Crippen LogP contribution is -2.20. The number of hydrogen-bond acceptors (Lipinski definition) is 4. The van der Waals surface area contributed by atoms with Gasteiger partial charge in [-0.05, 0) is 43.9 Å². The molecule has 1 aromatic rings. The maximum absolute atomic E-state index is 12.1. The lowest BCUT2D eigenvalue weighted by atomic mass is 9.98. The molecule has 0 unspecified atom stereocenters. The number of methoxy groups -OCH3 is 2. The summed E-state index contributed by atoms with van der Waals surface area (Å²) in [5, 5.41) is 0. The Hall–Kier alpha value is -1.71. The molecule has 2 rings (SSSR count). The molecule has 0 bridgehead atoms. The fraction of sp³-hybridized carbons (Fsp3) is 0.533. The normalized spacial score (nSPS) is 15.9. The summed E-state index contributed by atoms with van der Waals surface area (Å²) in [5.41, 5.74) is 0.503. The summed E-state index contributed by atoms with van der Waals surface area (Å²) >= 11 is 0. The molecule has 0 amide bonds. The topological polar surface area (TPSA) is 44.8 Å². The summed E-state index contributed by atoms with van der Waals surface area (Å²) in [6.07, 6.45) is 5.53. The van der Waals surface area contributed by atoms with Crippen LogP contribution in [0.1, 0.15) is 42.5 Å². The van der Waals surface area contributed by atoms with Crippen molar-refractivity contribution in [3.63, 3.8) is 0 Å². The third-order valence-electron chi connectivity index (χ3n) is 3.45. The van der Waals surface area contributed by atoms with Crippen LogP contribution in [0.15, 0.2) is 18.2 Å². The highest BCUT2D eigenvalue weighted by Gasteiger charge is 2.19.